The molecule has 0 amide bonds. The Balaban J connectivity index is 3.22. The summed E-state index contributed by atoms with van der Waals surface area (Å²) in [6.45, 7) is -3.36. The molecular formula is C12H5F11O2. The first kappa shape index (κ1) is 21.0. The first-order valence-electron chi connectivity index (χ1n) is 5.85. The van der Waals surface area contributed by atoms with Crippen molar-refractivity contribution in [1.29, 1.82) is 0 Å². The summed E-state index contributed by atoms with van der Waals surface area (Å²) in [5.41, 5.74) is -1.43. The lowest BCUT2D eigenvalue weighted by Crippen LogP contribution is -2.63. The molecule has 0 aromatic heterocycles. The molecule has 142 valence electrons. The van der Waals surface area contributed by atoms with Crippen LogP contribution >= 0.6 is 0 Å². The Morgan fingerprint density at radius 2 is 1.24 bits per heavy atom. The van der Waals surface area contributed by atoms with Crippen molar-refractivity contribution in [3.05, 3.63) is 29.8 Å². The van der Waals surface area contributed by atoms with E-state index in [4.69, 9.17) is 0 Å². The maximum Gasteiger partial charge on any atom is 0.460 e. The van der Waals surface area contributed by atoms with E-state index in [9.17, 15) is 53.1 Å². The average Bonchev–Trinajstić information content (AvgIpc) is 2.45. The zero-order chi connectivity index (χ0) is 19.8. The van der Waals surface area contributed by atoms with Crippen LogP contribution in [0.4, 0.5) is 48.3 Å². The largest absolute Gasteiger partial charge is 0.460 e. The van der Waals surface area contributed by atoms with E-state index in [1.54, 1.807) is 0 Å². The highest BCUT2D eigenvalue weighted by Gasteiger charge is 2.83. The van der Waals surface area contributed by atoms with E-state index in [0.29, 0.717) is 12.1 Å². The smallest absolute Gasteiger partial charge is 0.435 e. The predicted molar refractivity (Wildman–Crippen MR) is 58.3 cm³/mol. The molecule has 0 radical (unpaired) electrons. The molecule has 1 aromatic rings. The van der Waals surface area contributed by atoms with Gasteiger partial charge in [-0.25, -0.2) is 0 Å². The van der Waals surface area contributed by atoms with Crippen molar-refractivity contribution >= 4 is 5.78 Å². The Kier molecular flexibility index (Phi) is 5.31. The highest BCUT2D eigenvalue weighted by atomic mass is 19.4. The normalized spacial score (nSPS) is 13.9. The molecule has 0 saturated heterocycles. The first-order valence-corrected chi connectivity index (χ1v) is 5.85. The maximum atomic E-state index is 13.4. The Morgan fingerprint density at radius 3 is 1.60 bits per heavy atom. The van der Waals surface area contributed by atoms with E-state index in [2.05, 4.69) is 4.74 Å². The number of hydrogen-bond donors (Lipinski definition) is 0. The van der Waals surface area contributed by atoms with Gasteiger partial charge in [0.2, 0.25) is 5.78 Å². The van der Waals surface area contributed by atoms with E-state index < -0.39 is 47.7 Å². The highest BCUT2D eigenvalue weighted by Crippen LogP contribution is 2.53. The lowest BCUT2D eigenvalue weighted by atomic mass is 9.96. The minimum absolute atomic E-state index is 0.218. The molecule has 13 heteroatoms. The predicted octanol–water partition coefficient (Wildman–Crippen LogP) is 4.94. The molecule has 1 aromatic carbocycles. The second-order valence-corrected chi connectivity index (χ2v) is 4.45. The fourth-order valence-corrected chi connectivity index (χ4v) is 1.49. The summed E-state index contributed by atoms with van der Waals surface area (Å²) in [6.07, 6.45) is -7.06. The number of benzene rings is 1. The SMILES string of the molecule is O=C(c1ccc(OC(F)F)cc1)C(F)(F)C(F)(F)C(F)(F)C(F)(F)F. The molecule has 0 atom stereocenters. The number of Topliss-reactive ketones (excluding diaryl/α,β-unsaturated/α-hetero) is 1. The second kappa shape index (κ2) is 6.33. The van der Waals surface area contributed by atoms with Gasteiger partial charge in [0.1, 0.15) is 5.75 Å². The summed E-state index contributed by atoms with van der Waals surface area (Å²) in [5, 5.41) is 0. The van der Waals surface area contributed by atoms with Gasteiger partial charge in [0, 0.05) is 5.56 Å². The molecule has 2 nitrogen and oxygen atoms in total. The van der Waals surface area contributed by atoms with Crippen molar-refractivity contribution in [2.24, 2.45) is 0 Å². The number of alkyl halides is 11. The summed E-state index contributed by atoms with van der Waals surface area (Å²) >= 11 is 0. The van der Waals surface area contributed by atoms with Gasteiger partial charge in [0.15, 0.2) is 0 Å². The van der Waals surface area contributed by atoms with Gasteiger partial charge in [-0.15, -0.1) is 0 Å². The van der Waals surface area contributed by atoms with Crippen molar-refractivity contribution in [3.8, 4) is 5.75 Å². The lowest BCUT2D eigenvalue weighted by molar-refractivity contribution is -0.386. The molecule has 0 unspecified atom stereocenters. The van der Waals surface area contributed by atoms with Crippen LogP contribution in [-0.2, 0) is 0 Å². The quantitative estimate of drug-likeness (QED) is 0.508. The first-order chi connectivity index (χ1) is 11.1. The molecule has 1 rings (SSSR count). The average molecular weight is 390 g/mol. The Morgan fingerprint density at radius 1 is 0.800 bits per heavy atom. The van der Waals surface area contributed by atoms with Gasteiger partial charge < -0.3 is 4.74 Å². The third-order valence-corrected chi connectivity index (χ3v) is 2.77. The van der Waals surface area contributed by atoms with Crippen molar-refractivity contribution in [2.75, 3.05) is 0 Å². The van der Waals surface area contributed by atoms with Crippen LogP contribution < -0.4 is 4.74 Å². The molecule has 0 heterocycles. The van der Waals surface area contributed by atoms with Crippen LogP contribution in [0.5, 0.6) is 5.75 Å². The van der Waals surface area contributed by atoms with Gasteiger partial charge in [-0.05, 0) is 24.3 Å². The van der Waals surface area contributed by atoms with Gasteiger partial charge in [-0.1, -0.05) is 0 Å². The van der Waals surface area contributed by atoms with Crippen LogP contribution in [0.3, 0.4) is 0 Å². The van der Waals surface area contributed by atoms with E-state index >= 15 is 0 Å². The molecular weight excluding hydrogens is 385 g/mol. The van der Waals surface area contributed by atoms with Crippen LogP contribution in [0.2, 0.25) is 0 Å². The Bertz CT molecular complexity index is 619. The molecule has 0 aliphatic carbocycles. The Hall–Kier alpha value is -2.08. The van der Waals surface area contributed by atoms with Gasteiger partial charge >= 0.3 is 30.6 Å². The van der Waals surface area contributed by atoms with Gasteiger partial charge in [0.25, 0.3) is 0 Å². The number of carbonyl (C=O) groups is 1. The van der Waals surface area contributed by atoms with Gasteiger partial charge in [-0.3, -0.25) is 4.79 Å². The summed E-state index contributed by atoms with van der Waals surface area (Å²) in [7, 11) is 0. The standard InChI is InChI=1S/C12H5F11O2/c13-8(14)25-6-3-1-5(2-4-6)7(24)9(15,16)10(17,18)11(19,20)12(21,22)23/h1-4,8H. The number of carbonyl (C=O) groups excluding carboxylic acids is 1. The van der Waals surface area contributed by atoms with Gasteiger partial charge in [-0.2, -0.15) is 48.3 Å². The Labute approximate surface area is 131 Å². The third kappa shape index (κ3) is 3.63. The minimum Gasteiger partial charge on any atom is -0.435 e. The van der Waals surface area contributed by atoms with E-state index in [1.807, 2.05) is 0 Å². The van der Waals surface area contributed by atoms with Crippen molar-refractivity contribution in [3.63, 3.8) is 0 Å². The molecule has 0 fully saturated rings. The molecule has 25 heavy (non-hydrogen) atoms. The zero-order valence-electron chi connectivity index (χ0n) is 11.4. The van der Waals surface area contributed by atoms with Crippen LogP contribution in [0.1, 0.15) is 10.4 Å². The summed E-state index contributed by atoms with van der Waals surface area (Å²) in [6, 6.07) is 1.29. The fourth-order valence-electron chi connectivity index (χ4n) is 1.49. The monoisotopic (exact) mass is 390 g/mol. The topological polar surface area (TPSA) is 26.3 Å². The molecule has 0 spiro atoms. The molecule has 0 aliphatic heterocycles. The van der Waals surface area contributed by atoms with E-state index in [1.165, 1.54) is 0 Å². The second-order valence-electron chi connectivity index (χ2n) is 4.45. The number of hydrogen-bond acceptors (Lipinski definition) is 2. The number of ether oxygens (including phenoxy) is 1. The number of rotatable bonds is 6. The summed E-state index contributed by atoms with van der Waals surface area (Å²) in [5.74, 6) is -24.5. The summed E-state index contributed by atoms with van der Waals surface area (Å²) in [4.78, 5) is 11.3. The van der Waals surface area contributed by atoms with Crippen molar-refractivity contribution < 1.29 is 57.8 Å². The molecule has 0 aliphatic rings. The molecule has 0 bridgehead atoms. The fraction of sp³-hybridized carbons (Fsp3) is 0.417. The van der Waals surface area contributed by atoms with Gasteiger partial charge in [0.05, 0.1) is 0 Å². The highest BCUT2D eigenvalue weighted by molar-refractivity contribution is 6.02. The van der Waals surface area contributed by atoms with Crippen LogP contribution in [-0.4, -0.2) is 36.3 Å². The summed E-state index contributed by atoms with van der Waals surface area (Å²) < 4.78 is 142. The van der Waals surface area contributed by atoms with Crippen molar-refractivity contribution in [2.45, 2.75) is 30.6 Å². The van der Waals surface area contributed by atoms with Crippen molar-refractivity contribution in [1.82, 2.24) is 0 Å². The molecule has 0 saturated carbocycles. The van der Waals surface area contributed by atoms with E-state index in [-0.39, 0.29) is 12.1 Å². The maximum absolute atomic E-state index is 13.4. The molecule has 0 N–H and O–H groups in total. The minimum atomic E-state index is -7.21. The van der Waals surface area contributed by atoms with Crippen LogP contribution in [0.25, 0.3) is 0 Å². The van der Waals surface area contributed by atoms with Crippen LogP contribution in [0, 0.1) is 0 Å². The van der Waals surface area contributed by atoms with E-state index in [0.717, 1.165) is 0 Å². The number of ketones is 1. The van der Waals surface area contributed by atoms with Crippen LogP contribution in [0.15, 0.2) is 24.3 Å². The number of halogens is 11. The third-order valence-electron chi connectivity index (χ3n) is 2.77. The zero-order valence-corrected chi connectivity index (χ0v) is 11.4. The lowest BCUT2D eigenvalue weighted by Gasteiger charge is -2.32.